The van der Waals surface area contributed by atoms with Crippen molar-refractivity contribution in [2.24, 2.45) is 0 Å². The van der Waals surface area contributed by atoms with Gasteiger partial charge in [-0.15, -0.1) is 0 Å². The number of halogens is 1. The van der Waals surface area contributed by atoms with Crippen LogP contribution < -0.4 is 0 Å². The highest BCUT2D eigenvalue weighted by Gasteiger charge is 2.42. The fraction of sp³-hybridized carbons (Fsp3) is 0.0714. The fourth-order valence-electron chi connectivity index (χ4n) is 5.18. The largest absolute Gasteiger partial charge is 0.0622 e. The van der Waals surface area contributed by atoms with Crippen molar-refractivity contribution in [2.75, 3.05) is 0 Å². The zero-order valence-electron chi connectivity index (χ0n) is 16.1. The summed E-state index contributed by atoms with van der Waals surface area (Å²) in [6.45, 7) is 2.38. The molecule has 5 aromatic rings. The lowest BCUT2D eigenvalue weighted by Gasteiger charge is -2.28. The van der Waals surface area contributed by atoms with Crippen LogP contribution in [0.25, 0.3) is 32.7 Å². The van der Waals surface area contributed by atoms with Crippen LogP contribution >= 0.6 is 15.9 Å². The molecule has 0 amide bonds. The third-order valence-corrected chi connectivity index (χ3v) is 7.26. The Morgan fingerprint density at radius 1 is 0.586 bits per heavy atom. The Labute approximate surface area is 179 Å². The molecule has 0 aliphatic heterocycles. The van der Waals surface area contributed by atoms with Gasteiger partial charge in [0.2, 0.25) is 0 Å². The van der Waals surface area contributed by atoms with Gasteiger partial charge in [-0.3, -0.25) is 0 Å². The highest BCUT2D eigenvalue weighted by Crippen LogP contribution is 2.57. The summed E-state index contributed by atoms with van der Waals surface area (Å²) in [6, 6.07) is 35.4. The SMILES string of the molecule is CC1(c2ccccc2)c2ccc3ccccc3c2-c2c1cc(Br)c1ccccc21. The maximum absolute atomic E-state index is 3.87. The van der Waals surface area contributed by atoms with Gasteiger partial charge in [-0.05, 0) is 62.4 Å². The van der Waals surface area contributed by atoms with Crippen molar-refractivity contribution in [3.8, 4) is 11.1 Å². The Hall–Kier alpha value is -2.90. The van der Waals surface area contributed by atoms with Gasteiger partial charge < -0.3 is 0 Å². The quantitative estimate of drug-likeness (QED) is 0.250. The number of hydrogen-bond donors (Lipinski definition) is 0. The highest BCUT2D eigenvalue weighted by molar-refractivity contribution is 9.10. The third-order valence-electron chi connectivity index (χ3n) is 6.60. The van der Waals surface area contributed by atoms with E-state index in [9.17, 15) is 0 Å². The summed E-state index contributed by atoms with van der Waals surface area (Å²) in [5, 5.41) is 5.21. The van der Waals surface area contributed by atoms with Gasteiger partial charge in [0.15, 0.2) is 0 Å². The van der Waals surface area contributed by atoms with Crippen molar-refractivity contribution >= 4 is 37.5 Å². The average Bonchev–Trinajstić information content (AvgIpc) is 3.04. The Balaban J connectivity index is 1.87. The van der Waals surface area contributed by atoms with E-state index in [1.54, 1.807) is 0 Å². The predicted molar refractivity (Wildman–Crippen MR) is 127 cm³/mol. The van der Waals surface area contributed by atoms with Gasteiger partial charge in [0.25, 0.3) is 0 Å². The summed E-state index contributed by atoms with van der Waals surface area (Å²) >= 11 is 3.87. The Kier molecular flexibility index (Phi) is 3.54. The Morgan fingerprint density at radius 3 is 2.00 bits per heavy atom. The van der Waals surface area contributed by atoms with Gasteiger partial charge in [0, 0.05) is 9.89 Å². The summed E-state index contributed by atoms with van der Waals surface area (Å²) < 4.78 is 1.16. The zero-order valence-corrected chi connectivity index (χ0v) is 17.7. The maximum atomic E-state index is 3.87. The van der Waals surface area contributed by atoms with E-state index in [1.165, 1.54) is 49.4 Å². The standard InChI is InChI=1S/C28H19Br/c1-28(19-10-3-2-4-11-19)23-16-15-18-9-5-6-12-20(18)26(23)27-22-14-8-7-13-21(22)25(29)17-24(27)28/h2-17H,1H3. The summed E-state index contributed by atoms with van der Waals surface area (Å²) in [6.07, 6.45) is 0. The molecule has 0 saturated carbocycles. The molecule has 1 aliphatic rings. The minimum atomic E-state index is -0.192. The molecular formula is C28H19Br. The minimum absolute atomic E-state index is 0.192. The molecule has 0 aromatic heterocycles. The molecule has 29 heavy (non-hydrogen) atoms. The average molecular weight is 435 g/mol. The monoisotopic (exact) mass is 434 g/mol. The van der Waals surface area contributed by atoms with Crippen LogP contribution in [0.4, 0.5) is 0 Å². The number of hydrogen-bond acceptors (Lipinski definition) is 0. The molecule has 5 aromatic carbocycles. The summed E-state index contributed by atoms with van der Waals surface area (Å²) in [5.41, 5.74) is 6.66. The molecule has 0 saturated heterocycles. The molecule has 1 aliphatic carbocycles. The van der Waals surface area contributed by atoms with Crippen LogP contribution in [-0.2, 0) is 5.41 Å². The van der Waals surface area contributed by atoms with Crippen LogP contribution in [0.1, 0.15) is 23.6 Å². The van der Waals surface area contributed by atoms with Crippen LogP contribution in [0.2, 0.25) is 0 Å². The molecule has 0 bridgehead atoms. The first kappa shape index (κ1) is 17.0. The van der Waals surface area contributed by atoms with Crippen molar-refractivity contribution in [1.29, 1.82) is 0 Å². The third kappa shape index (κ3) is 2.20. The van der Waals surface area contributed by atoms with Gasteiger partial charge in [-0.1, -0.05) is 107 Å². The Bertz CT molecular complexity index is 1420. The number of rotatable bonds is 1. The van der Waals surface area contributed by atoms with Gasteiger partial charge in [0.05, 0.1) is 0 Å². The van der Waals surface area contributed by atoms with Crippen LogP contribution in [0.3, 0.4) is 0 Å². The molecule has 0 radical (unpaired) electrons. The first-order valence-corrected chi connectivity index (χ1v) is 10.8. The highest BCUT2D eigenvalue weighted by atomic mass is 79.9. The second kappa shape index (κ2) is 6.05. The van der Waals surface area contributed by atoms with Crippen molar-refractivity contribution < 1.29 is 0 Å². The lowest BCUT2D eigenvalue weighted by Crippen LogP contribution is -2.22. The van der Waals surface area contributed by atoms with Crippen molar-refractivity contribution in [2.45, 2.75) is 12.3 Å². The molecule has 1 atom stereocenters. The van der Waals surface area contributed by atoms with E-state index in [0.29, 0.717) is 0 Å². The molecule has 6 rings (SSSR count). The van der Waals surface area contributed by atoms with E-state index in [4.69, 9.17) is 0 Å². The van der Waals surface area contributed by atoms with E-state index < -0.39 is 0 Å². The van der Waals surface area contributed by atoms with Gasteiger partial charge >= 0.3 is 0 Å². The van der Waals surface area contributed by atoms with E-state index in [1.807, 2.05) is 0 Å². The molecule has 138 valence electrons. The predicted octanol–water partition coefficient (Wildman–Crippen LogP) is 8.09. The van der Waals surface area contributed by atoms with E-state index >= 15 is 0 Å². The summed E-state index contributed by atoms with van der Waals surface area (Å²) in [4.78, 5) is 0. The second-order valence-electron chi connectivity index (χ2n) is 8.03. The number of benzene rings is 5. The number of fused-ring (bicyclic) bond motifs is 7. The summed E-state index contributed by atoms with van der Waals surface area (Å²) in [7, 11) is 0. The van der Waals surface area contributed by atoms with Crippen LogP contribution in [0.15, 0.2) is 102 Å². The fourth-order valence-corrected chi connectivity index (χ4v) is 5.75. The topological polar surface area (TPSA) is 0 Å². The normalized spacial score (nSPS) is 17.4. The van der Waals surface area contributed by atoms with Gasteiger partial charge in [-0.25, -0.2) is 0 Å². The van der Waals surface area contributed by atoms with E-state index in [0.717, 1.165) is 4.47 Å². The van der Waals surface area contributed by atoms with Crippen LogP contribution in [0, 0.1) is 0 Å². The van der Waals surface area contributed by atoms with Crippen molar-refractivity contribution in [3.63, 3.8) is 0 Å². The van der Waals surface area contributed by atoms with Crippen molar-refractivity contribution in [3.05, 3.63) is 118 Å². The van der Waals surface area contributed by atoms with Crippen LogP contribution in [-0.4, -0.2) is 0 Å². The molecular weight excluding hydrogens is 416 g/mol. The molecule has 1 unspecified atom stereocenters. The minimum Gasteiger partial charge on any atom is -0.0622 e. The summed E-state index contributed by atoms with van der Waals surface area (Å²) in [5.74, 6) is 0. The first-order valence-electron chi connectivity index (χ1n) is 9.99. The van der Waals surface area contributed by atoms with E-state index in [-0.39, 0.29) is 5.41 Å². The smallest absolute Gasteiger partial charge is 0.0436 e. The van der Waals surface area contributed by atoms with E-state index in [2.05, 4.69) is 120 Å². The molecule has 0 heterocycles. The maximum Gasteiger partial charge on any atom is 0.0436 e. The molecule has 1 heteroatoms. The van der Waals surface area contributed by atoms with Crippen LogP contribution in [0.5, 0.6) is 0 Å². The second-order valence-corrected chi connectivity index (χ2v) is 8.88. The van der Waals surface area contributed by atoms with Crippen molar-refractivity contribution in [1.82, 2.24) is 0 Å². The molecule has 0 nitrogen and oxygen atoms in total. The van der Waals surface area contributed by atoms with Gasteiger partial charge in [-0.2, -0.15) is 0 Å². The molecule has 0 N–H and O–H groups in total. The molecule has 0 fully saturated rings. The zero-order chi connectivity index (χ0) is 19.6. The lowest BCUT2D eigenvalue weighted by molar-refractivity contribution is 0.714. The molecule has 0 spiro atoms. The Morgan fingerprint density at radius 2 is 1.21 bits per heavy atom. The van der Waals surface area contributed by atoms with Gasteiger partial charge in [0.1, 0.15) is 0 Å². The first-order chi connectivity index (χ1) is 14.2. The lowest BCUT2D eigenvalue weighted by atomic mass is 9.74.